The van der Waals surface area contributed by atoms with E-state index in [1.54, 1.807) is 17.1 Å². The quantitative estimate of drug-likeness (QED) is 0.819. The van der Waals surface area contributed by atoms with Gasteiger partial charge < -0.3 is 10.2 Å². The minimum Gasteiger partial charge on any atom is -0.363 e. The Kier molecular flexibility index (Phi) is 2.99. The van der Waals surface area contributed by atoms with E-state index in [2.05, 4.69) is 19.9 Å². The van der Waals surface area contributed by atoms with Crippen molar-refractivity contribution in [1.82, 2.24) is 25.1 Å². The monoisotopic (exact) mass is 270 g/mol. The van der Waals surface area contributed by atoms with Crippen molar-refractivity contribution in [3.05, 3.63) is 30.0 Å². The number of aromatic nitrogens is 4. The number of nitrogens with one attached hydrogen (secondary N) is 1. The van der Waals surface area contributed by atoms with Gasteiger partial charge in [-0.3, -0.25) is 4.68 Å². The van der Waals surface area contributed by atoms with Crippen molar-refractivity contribution in [3.63, 3.8) is 0 Å². The summed E-state index contributed by atoms with van der Waals surface area (Å²) in [6, 6.07) is 0. The van der Waals surface area contributed by atoms with Crippen LogP contribution in [0, 0.1) is 6.57 Å². The summed E-state index contributed by atoms with van der Waals surface area (Å²) < 4.78 is 9.30. The summed E-state index contributed by atoms with van der Waals surface area (Å²) in [4.78, 5) is 14.3. The zero-order valence-corrected chi connectivity index (χ0v) is 11.2. The van der Waals surface area contributed by atoms with Crippen LogP contribution in [-0.4, -0.2) is 45.9 Å². The van der Waals surface area contributed by atoms with Crippen LogP contribution in [0.1, 0.15) is 0 Å². The molecule has 0 saturated carbocycles. The van der Waals surface area contributed by atoms with Gasteiger partial charge in [0, 0.05) is 45.6 Å². The molecule has 1 saturated heterocycles. The molecular formula is C13H15N7. The van der Waals surface area contributed by atoms with Crippen molar-refractivity contribution < 1.29 is 1.41 Å². The highest BCUT2D eigenvalue weighted by Gasteiger charge is 2.18. The molecule has 0 spiro atoms. The summed E-state index contributed by atoms with van der Waals surface area (Å²) in [5.41, 5.74) is 1.27. The Morgan fingerprint density at radius 3 is 2.85 bits per heavy atom. The molecule has 7 heteroatoms. The van der Waals surface area contributed by atoms with Crippen LogP contribution >= 0.6 is 0 Å². The van der Waals surface area contributed by atoms with Crippen LogP contribution in [-0.2, 0) is 7.05 Å². The van der Waals surface area contributed by atoms with Gasteiger partial charge in [0.1, 0.15) is 7.23 Å². The minimum absolute atomic E-state index is 0.445. The van der Waals surface area contributed by atoms with Gasteiger partial charge in [-0.15, -0.1) is 0 Å². The number of rotatable bonds is 2. The maximum absolute atomic E-state index is 7.60. The number of aryl methyl sites for hydroxylation is 1. The Morgan fingerprint density at radius 1 is 1.40 bits per heavy atom. The average molecular weight is 270 g/mol. The van der Waals surface area contributed by atoms with E-state index in [9.17, 15) is 0 Å². The van der Waals surface area contributed by atoms with Gasteiger partial charge in [0.25, 0.3) is 0 Å². The zero-order valence-electron chi connectivity index (χ0n) is 12.2. The van der Waals surface area contributed by atoms with Crippen LogP contribution in [0.4, 0.5) is 11.5 Å². The van der Waals surface area contributed by atoms with Gasteiger partial charge in [-0.05, 0) is 0 Å². The molecular weight excluding hydrogens is 254 g/mol. The molecule has 3 rings (SSSR count). The molecule has 102 valence electrons. The molecule has 1 aliphatic rings. The van der Waals surface area contributed by atoms with Gasteiger partial charge in [-0.2, -0.15) is 5.10 Å². The highest BCUT2D eigenvalue weighted by Crippen LogP contribution is 2.28. The molecule has 7 nitrogen and oxygen atoms in total. The Balaban J connectivity index is 1.96. The molecule has 0 aromatic carbocycles. The first-order valence-electron chi connectivity index (χ1n) is 6.84. The van der Waals surface area contributed by atoms with Gasteiger partial charge in [-0.1, -0.05) is 0 Å². The third-order valence-corrected chi connectivity index (χ3v) is 3.19. The highest BCUT2D eigenvalue weighted by molar-refractivity contribution is 5.69. The Bertz CT molecular complexity index is 682. The molecule has 0 radical (unpaired) electrons. The first-order valence-corrected chi connectivity index (χ1v) is 6.39. The van der Waals surface area contributed by atoms with E-state index >= 15 is 0 Å². The van der Waals surface area contributed by atoms with Crippen LogP contribution in [0.2, 0.25) is 1.41 Å². The fraction of sp³-hybridized carbons (Fsp3) is 0.385. The highest BCUT2D eigenvalue weighted by atomic mass is 15.3. The smallest absolute Gasteiger partial charge is 0.246 e. The first kappa shape index (κ1) is 11.4. The molecule has 3 heterocycles. The summed E-state index contributed by atoms with van der Waals surface area (Å²) in [6.45, 7) is 9.94. The Morgan fingerprint density at radius 2 is 2.20 bits per heavy atom. The Labute approximate surface area is 118 Å². The second-order valence-corrected chi connectivity index (χ2v) is 4.57. The van der Waals surface area contributed by atoms with E-state index in [4.69, 9.17) is 7.98 Å². The lowest BCUT2D eigenvalue weighted by molar-refractivity contribution is 0.585. The van der Waals surface area contributed by atoms with Gasteiger partial charge in [-0.25, -0.2) is 14.8 Å². The standard InChI is InChI=1S/C13H15N7/c1-14-11-8-16-12(10-7-17-19(2)9-10)18-13(11)20-5-3-15-4-6-20/h7-9,15H,3-6H2,2H3/i/hD. The van der Waals surface area contributed by atoms with Gasteiger partial charge in [0.2, 0.25) is 5.69 Å². The normalized spacial score (nSPS) is 16.8. The van der Waals surface area contributed by atoms with Crippen molar-refractivity contribution in [2.45, 2.75) is 0 Å². The second-order valence-electron chi connectivity index (χ2n) is 4.57. The number of hydrogen-bond acceptors (Lipinski definition) is 5. The molecule has 0 unspecified atom stereocenters. The Hall–Kier alpha value is -2.46. The minimum atomic E-state index is 0.445. The van der Waals surface area contributed by atoms with Gasteiger partial charge in [0.15, 0.2) is 5.82 Å². The average Bonchev–Trinajstić information content (AvgIpc) is 2.94. The van der Waals surface area contributed by atoms with Crippen molar-refractivity contribution >= 4 is 11.5 Å². The predicted octanol–water partition coefficient (Wildman–Crippen LogP) is 0.837. The molecule has 1 N–H and O–H groups in total. The molecule has 20 heavy (non-hydrogen) atoms. The molecule has 1 fully saturated rings. The van der Waals surface area contributed by atoms with Crippen molar-refractivity contribution in [3.8, 4) is 11.4 Å². The molecule has 0 aliphatic carbocycles. The van der Waals surface area contributed by atoms with E-state index < -0.39 is 0 Å². The molecule has 0 atom stereocenters. The van der Waals surface area contributed by atoms with Crippen molar-refractivity contribution in [2.75, 3.05) is 31.1 Å². The number of anilines is 1. The fourth-order valence-corrected chi connectivity index (χ4v) is 2.17. The summed E-state index contributed by atoms with van der Waals surface area (Å²) in [5.74, 6) is 1.21. The summed E-state index contributed by atoms with van der Waals surface area (Å²) in [7, 11) is 1.84. The molecule has 1 aliphatic heterocycles. The van der Waals surface area contributed by atoms with Crippen LogP contribution in [0.5, 0.6) is 0 Å². The van der Waals surface area contributed by atoms with Gasteiger partial charge >= 0.3 is 0 Å². The van der Waals surface area contributed by atoms with E-state index in [1.165, 1.54) is 5.31 Å². The number of hydrogen-bond donors (Lipinski definition) is 1. The third-order valence-electron chi connectivity index (χ3n) is 3.19. The lowest BCUT2D eigenvalue weighted by Gasteiger charge is -2.29. The summed E-state index contributed by atoms with van der Waals surface area (Å²) in [6.07, 6.45) is 5.11. The second kappa shape index (κ2) is 5.27. The summed E-state index contributed by atoms with van der Waals surface area (Å²) in [5, 5.41) is 5.64. The van der Waals surface area contributed by atoms with Crippen LogP contribution in [0.25, 0.3) is 16.2 Å². The maximum Gasteiger partial charge on any atom is 0.246 e. The zero-order chi connectivity index (χ0) is 14.8. The van der Waals surface area contributed by atoms with Crippen LogP contribution < -0.4 is 10.2 Å². The maximum atomic E-state index is 7.60. The number of nitrogens with zero attached hydrogens (tertiary/aromatic N) is 6. The SMILES string of the molecule is [2H]N1CCN(c2nc(-c3cnn(C)c3)ncc2[N+]#[C-])CC1. The molecule has 2 aromatic rings. The molecule has 2 aromatic heterocycles. The van der Waals surface area contributed by atoms with Crippen LogP contribution in [0.15, 0.2) is 18.6 Å². The molecule has 0 bridgehead atoms. The summed E-state index contributed by atoms with van der Waals surface area (Å²) >= 11 is 0. The first-order chi connectivity index (χ1) is 10.2. The van der Waals surface area contributed by atoms with Crippen LogP contribution in [0.3, 0.4) is 0 Å². The van der Waals surface area contributed by atoms with E-state index in [1.807, 2.05) is 18.1 Å². The topological polar surface area (TPSA) is 63.2 Å². The third kappa shape index (κ3) is 2.33. The predicted molar refractivity (Wildman–Crippen MR) is 75.6 cm³/mol. The van der Waals surface area contributed by atoms with Crippen molar-refractivity contribution in [1.29, 1.82) is 0 Å². The van der Waals surface area contributed by atoms with Gasteiger partial charge in [0.05, 0.1) is 18.3 Å². The number of piperazine rings is 1. The van der Waals surface area contributed by atoms with E-state index in [0.717, 1.165) is 5.56 Å². The fourth-order valence-electron chi connectivity index (χ4n) is 2.17. The van der Waals surface area contributed by atoms with Crippen molar-refractivity contribution in [2.24, 2.45) is 7.05 Å². The largest absolute Gasteiger partial charge is 0.363 e. The molecule has 0 amide bonds. The lowest BCUT2D eigenvalue weighted by atomic mass is 10.3. The lowest BCUT2D eigenvalue weighted by Crippen LogP contribution is -2.44. The van der Waals surface area contributed by atoms with E-state index in [0.29, 0.717) is 43.5 Å². The van der Waals surface area contributed by atoms with E-state index in [-0.39, 0.29) is 0 Å².